The van der Waals surface area contributed by atoms with Crippen LogP contribution >= 0.6 is 0 Å². The lowest BCUT2D eigenvalue weighted by atomic mass is 10.1. The molecular formula is C18H24FN3O2. The van der Waals surface area contributed by atoms with Gasteiger partial charge in [0.25, 0.3) is 0 Å². The van der Waals surface area contributed by atoms with Crippen molar-refractivity contribution in [2.45, 2.75) is 20.3 Å². The molecule has 0 aliphatic heterocycles. The minimum absolute atomic E-state index is 0.249. The summed E-state index contributed by atoms with van der Waals surface area (Å²) in [5.74, 6) is 0.758. The molecule has 1 aromatic heterocycles. The molecule has 0 aliphatic rings. The Morgan fingerprint density at radius 1 is 1.21 bits per heavy atom. The van der Waals surface area contributed by atoms with E-state index in [0.717, 1.165) is 16.9 Å². The number of hydrogen-bond acceptors (Lipinski definition) is 4. The Morgan fingerprint density at radius 3 is 2.58 bits per heavy atom. The molecule has 0 fully saturated rings. The fraction of sp³-hybridized carbons (Fsp3) is 0.333. The van der Waals surface area contributed by atoms with E-state index in [-0.39, 0.29) is 6.61 Å². The second-order valence-corrected chi connectivity index (χ2v) is 4.92. The molecule has 0 bridgehead atoms. The first-order chi connectivity index (χ1) is 11.6. The average molecular weight is 333 g/mol. The van der Waals surface area contributed by atoms with E-state index in [1.165, 1.54) is 6.42 Å². The number of ether oxygens (including phenoxy) is 1. The summed E-state index contributed by atoms with van der Waals surface area (Å²) in [5.41, 5.74) is 2.48. The molecule has 0 spiro atoms. The van der Waals surface area contributed by atoms with Crippen molar-refractivity contribution in [3.63, 3.8) is 0 Å². The molecule has 2 rings (SSSR count). The number of nitrogens with one attached hydrogen (secondary N) is 2. The van der Waals surface area contributed by atoms with Gasteiger partial charge >= 0.3 is 6.09 Å². The van der Waals surface area contributed by atoms with Gasteiger partial charge in [-0.25, -0.2) is 14.2 Å². The summed E-state index contributed by atoms with van der Waals surface area (Å²) in [6.45, 7) is 3.30. The summed E-state index contributed by atoms with van der Waals surface area (Å²) < 4.78 is 16.6. The van der Waals surface area contributed by atoms with Gasteiger partial charge < -0.3 is 10.1 Å². The van der Waals surface area contributed by atoms with E-state index < -0.39 is 12.8 Å². The Bertz CT molecular complexity index is 635. The topological polar surface area (TPSA) is 63.2 Å². The van der Waals surface area contributed by atoms with Gasteiger partial charge in [-0.1, -0.05) is 32.4 Å². The SMILES string of the molecule is CCC.CNc1cc(-c2cccc(NC(=O)OCCF)c2)ccn1. The maximum atomic E-state index is 11.9. The summed E-state index contributed by atoms with van der Waals surface area (Å²) in [6.07, 6.45) is 2.28. The Kier molecular flexibility index (Phi) is 8.89. The number of amides is 1. The summed E-state index contributed by atoms with van der Waals surface area (Å²) in [6, 6.07) is 11.1. The molecule has 24 heavy (non-hydrogen) atoms. The highest BCUT2D eigenvalue weighted by Gasteiger charge is 2.05. The number of halogens is 1. The molecule has 2 N–H and O–H groups in total. The lowest BCUT2D eigenvalue weighted by Gasteiger charge is -2.08. The second kappa shape index (κ2) is 11.0. The van der Waals surface area contributed by atoms with Crippen molar-refractivity contribution < 1.29 is 13.9 Å². The zero-order chi connectivity index (χ0) is 17.8. The minimum Gasteiger partial charge on any atom is -0.447 e. The van der Waals surface area contributed by atoms with E-state index in [1.807, 2.05) is 30.3 Å². The number of carbonyl (C=O) groups is 1. The van der Waals surface area contributed by atoms with E-state index in [1.54, 1.807) is 19.3 Å². The number of aromatic nitrogens is 1. The fourth-order valence-electron chi connectivity index (χ4n) is 1.81. The van der Waals surface area contributed by atoms with Crippen LogP contribution in [-0.2, 0) is 4.74 Å². The van der Waals surface area contributed by atoms with Gasteiger partial charge in [-0.3, -0.25) is 5.32 Å². The lowest BCUT2D eigenvalue weighted by molar-refractivity contribution is 0.152. The Labute approximate surface area is 142 Å². The molecule has 1 aromatic carbocycles. The van der Waals surface area contributed by atoms with Crippen LogP contribution in [0, 0.1) is 0 Å². The quantitative estimate of drug-likeness (QED) is 0.830. The fourth-order valence-corrected chi connectivity index (χ4v) is 1.81. The highest BCUT2D eigenvalue weighted by Crippen LogP contribution is 2.24. The molecule has 1 heterocycles. The van der Waals surface area contributed by atoms with Gasteiger partial charge in [0.15, 0.2) is 0 Å². The number of nitrogens with zero attached hydrogens (tertiary/aromatic N) is 1. The van der Waals surface area contributed by atoms with Gasteiger partial charge in [0, 0.05) is 18.9 Å². The second-order valence-electron chi connectivity index (χ2n) is 4.92. The van der Waals surface area contributed by atoms with Crippen LogP contribution in [0.5, 0.6) is 0 Å². The molecule has 1 amide bonds. The van der Waals surface area contributed by atoms with Crippen molar-refractivity contribution in [1.29, 1.82) is 0 Å². The van der Waals surface area contributed by atoms with Crippen molar-refractivity contribution >= 4 is 17.6 Å². The molecule has 0 saturated carbocycles. The first-order valence-corrected chi connectivity index (χ1v) is 7.88. The van der Waals surface area contributed by atoms with Crippen LogP contribution in [0.1, 0.15) is 20.3 Å². The third-order valence-corrected chi connectivity index (χ3v) is 2.77. The molecule has 2 aromatic rings. The first kappa shape index (κ1) is 19.4. The summed E-state index contributed by atoms with van der Waals surface area (Å²) in [4.78, 5) is 15.6. The summed E-state index contributed by atoms with van der Waals surface area (Å²) in [5, 5.41) is 5.53. The number of anilines is 2. The molecule has 130 valence electrons. The number of carbonyl (C=O) groups excluding carboxylic acids is 1. The smallest absolute Gasteiger partial charge is 0.411 e. The van der Waals surface area contributed by atoms with Gasteiger partial charge in [0.2, 0.25) is 0 Å². The largest absolute Gasteiger partial charge is 0.447 e. The van der Waals surface area contributed by atoms with Gasteiger partial charge in [0.05, 0.1) is 0 Å². The summed E-state index contributed by atoms with van der Waals surface area (Å²) in [7, 11) is 1.80. The molecule has 6 heteroatoms. The van der Waals surface area contributed by atoms with Crippen molar-refractivity contribution in [2.75, 3.05) is 31.0 Å². The van der Waals surface area contributed by atoms with E-state index >= 15 is 0 Å². The molecule has 0 atom stereocenters. The first-order valence-electron chi connectivity index (χ1n) is 7.88. The van der Waals surface area contributed by atoms with Crippen molar-refractivity contribution in [2.24, 2.45) is 0 Å². The molecule has 0 unspecified atom stereocenters. The lowest BCUT2D eigenvalue weighted by Crippen LogP contribution is -2.14. The van der Waals surface area contributed by atoms with Crippen LogP contribution in [0.3, 0.4) is 0 Å². The van der Waals surface area contributed by atoms with Crippen molar-refractivity contribution in [3.8, 4) is 11.1 Å². The molecule has 0 aliphatic carbocycles. The third-order valence-electron chi connectivity index (χ3n) is 2.77. The van der Waals surface area contributed by atoms with Gasteiger partial charge in [0.1, 0.15) is 19.1 Å². The minimum atomic E-state index is -0.697. The predicted molar refractivity (Wildman–Crippen MR) is 96.1 cm³/mol. The van der Waals surface area contributed by atoms with Crippen LogP contribution in [0.15, 0.2) is 42.6 Å². The monoisotopic (exact) mass is 333 g/mol. The summed E-state index contributed by atoms with van der Waals surface area (Å²) >= 11 is 0. The molecule has 0 radical (unpaired) electrons. The number of rotatable bonds is 5. The standard InChI is InChI=1S/C15H16FN3O2.C3H8/c1-17-14-10-12(5-7-18-14)11-3-2-4-13(9-11)19-15(20)21-8-6-16;1-3-2/h2-5,7,9-10H,6,8H2,1H3,(H,17,18)(H,19,20);3H2,1-2H3. The highest BCUT2D eigenvalue weighted by atomic mass is 19.1. The number of alkyl halides is 1. The Hall–Kier alpha value is -2.63. The third kappa shape index (κ3) is 6.64. The Balaban J connectivity index is 0.000000891. The van der Waals surface area contributed by atoms with E-state index in [9.17, 15) is 9.18 Å². The molecule has 5 nitrogen and oxygen atoms in total. The highest BCUT2D eigenvalue weighted by molar-refractivity contribution is 5.86. The maximum absolute atomic E-state index is 11.9. The van der Waals surface area contributed by atoms with E-state index in [4.69, 9.17) is 0 Å². The van der Waals surface area contributed by atoms with E-state index in [2.05, 4.69) is 34.2 Å². The van der Waals surface area contributed by atoms with Crippen LogP contribution in [-0.4, -0.2) is 31.4 Å². The van der Waals surface area contributed by atoms with Gasteiger partial charge in [-0.2, -0.15) is 0 Å². The van der Waals surface area contributed by atoms with Gasteiger partial charge in [-0.05, 0) is 35.4 Å². The zero-order valence-electron chi connectivity index (χ0n) is 14.3. The predicted octanol–water partition coefficient (Wildman–Crippen LogP) is 4.72. The number of hydrogen-bond donors (Lipinski definition) is 2. The number of benzene rings is 1. The van der Waals surface area contributed by atoms with Crippen LogP contribution in [0.4, 0.5) is 20.7 Å². The molecule has 0 saturated heterocycles. The Morgan fingerprint density at radius 2 is 1.92 bits per heavy atom. The van der Waals surface area contributed by atoms with Crippen LogP contribution in [0.2, 0.25) is 0 Å². The van der Waals surface area contributed by atoms with Crippen LogP contribution in [0.25, 0.3) is 11.1 Å². The van der Waals surface area contributed by atoms with Crippen molar-refractivity contribution in [1.82, 2.24) is 4.98 Å². The number of pyridine rings is 1. The van der Waals surface area contributed by atoms with Crippen LogP contribution < -0.4 is 10.6 Å². The maximum Gasteiger partial charge on any atom is 0.411 e. The molecular weight excluding hydrogens is 309 g/mol. The zero-order valence-corrected chi connectivity index (χ0v) is 14.3. The van der Waals surface area contributed by atoms with Crippen molar-refractivity contribution in [3.05, 3.63) is 42.6 Å². The average Bonchev–Trinajstić information content (AvgIpc) is 2.61. The van der Waals surface area contributed by atoms with E-state index in [0.29, 0.717) is 5.69 Å². The van der Waals surface area contributed by atoms with Gasteiger partial charge in [-0.15, -0.1) is 0 Å². The normalized spacial score (nSPS) is 9.50.